The molecule has 0 atom stereocenters. The van der Waals surface area contributed by atoms with Gasteiger partial charge in [-0.1, -0.05) is 19.1 Å². The van der Waals surface area contributed by atoms with Gasteiger partial charge < -0.3 is 5.32 Å². The first-order valence-corrected chi connectivity index (χ1v) is 6.37. The molecule has 86 valence electrons. The number of thiazole rings is 1. The molecule has 1 aromatic heterocycles. The van der Waals surface area contributed by atoms with Gasteiger partial charge in [-0.25, -0.2) is 4.98 Å². The number of aryl methyl sites for hydroxylation is 1. The highest BCUT2D eigenvalue weighted by Gasteiger charge is 2.00. The summed E-state index contributed by atoms with van der Waals surface area (Å²) in [7, 11) is 0. The summed E-state index contributed by atoms with van der Waals surface area (Å²) in [6.45, 7) is 2.79. The second-order valence-corrected chi connectivity index (χ2v) is 4.52. The number of nitriles is 1. The average Bonchev–Trinajstić information content (AvgIpc) is 2.84. The molecular weight excluding hydrogens is 230 g/mol. The molecule has 0 saturated carbocycles. The Kier molecular flexibility index (Phi) is 3.73. The molecule has 3 nitrogen and oxygen atoms in total. The fraction of sp³-hybridized carbons (Fsp3) is 0.231. The Morgan fingerprint density at radius 1 is 1.47 bits per heavy atom. The summed E-state index contributed by atoms with van der Waals surface area (Å²) in [6.07, 6.45) is 0.960. The Morgan fingerprint density at radius 3 is 3.06 bits per heavy atom. The average molecular weight is 243 g/mol. The summed E-state index contributed by atoms with van der Waals surface area (Å²) in [6, 6.07) is 9.74. The number of nitrogens with zero attached hydrogens (tertiary/aromatic N) is 2. The van der Waals surface area contributed by atoms with E-state index in [1.54, 1.807) is 11.3 Å². The highest BCUT2D eigenvalue weighted by Crippen LogP contribution is 2.16. The molecule has 0 unspecified atom stereocenters. The summed E-state index contributed by atoms with van der Waals surface area (Å²) >= 11 is 1.62. The van der Waals surface area contributed by atoms with Crippen LogP contribution in [0.1, 0.15) is 23.7 Å². The standard InChI is InChI=1S/C13H13N3S/c1-2-12-9-17-13(16-12)15-8-11-5-3-4-10(6-11)7-14/h3-6,9H,2,8H2,1H3,(H,15,16). The van der Waals surface area contributed by atoms with E-state index < -0.39 is 0 Å². The molecule has 2 rings (SSSR count). The van der Waals surface area contributed by atoms with E-state index in [4.69, 9.17) is 5.26 Å². The van der Waals surface area contributed by atoms with Crippen molar-refractivity contribution in [1.82, 2.24) is 4.98 Å². The maximum Gasteiger partial charge on any atom is 0.183 e. The van der Waals surface area contributed by atoms with E-state index in [0.717, 1.165) is 22.8 Å². The minimum Gasteiger partial charge on any atom is -0.357 e. The fourth-order valence-corrected chi connectivity index (χ4v) is 2.27. The Morgan fingerprint density at radius 2 is 2.35 bits per heavy atom. The molecule has 0 amide bonds. The zero-order valence-electron chi connectivity index (χ0n) is 9.60. The number of hydrogen-bond acceptors (Lipinski definition) is 4. The lowest BCUT2D eigenvalue weighted by atomic mass is 10.1. The first kappa shape index (κ1) is 11.6. The van der Waals surface area contributed by atoms with Crippen molar-refractivity contribution in [2.75, 3.05) is 5.32 Å². The monoisotopic (exact) mass is 243 g/mol. The third-order valence-corrected chi connectivity index (χ3v) is 3.26. The summed E-state index contributed by atoms with van der Waals surface area (Å²) in [5, 5.41) is 15.1. The zero-order chi connectivity index (χ0) is 12.1. The van der Waals surface area contributed by atoms with Crippen molar-refractivity contribution >= 4 is 16.5 Å². The minimum atomic E-state index is 0.692. The molecule has 0 bridgehead atoms. The Bertz CT molecular complexity index is 540. The second-order valence-electron chi connectivity index (χ2n) is 3.66. The third kappa shape index (κ3) is 3.05. The van der Waals surface area contributed by atoms with Crippen molar-refractivity contribution in [3.8, 4) is 6.07 Å². The van der Waals surface area contributed by atoms with Crippen LogP contribution in [0.25, 0.3) is 0 Å². The lowest BCUT2D eigenvalue weighted by molar-refractivity contribution is 1.05. The van der Waals surface area contributed by atoms with Gasteiger partial charge in [0, 0.05) is 11.9 Å². The van der Waals surface area contributed by atoms with Crippen LogP contribution in [0.4, 0.5) is 5.13 Å². The zero-order valence-corrected chi connectivity index (χ0v) is 10.4. The van der Waals surface area contributed by atoms with Crippen LogP contribution in [-0.4, -0.2) is 4.98 Å². The second kappa shape index (κ2) is 5.46. The first-order chi connectivity index (χ1) is 8.31. The maximum absolute atomic E-state index is 8.80. The van der Waals surface area contributed by atoms with Gasteiger partial charge in [-0.3, -0.25) is 0 Å². The van der Waals surface area contributed by atoms with Gasteiger partial charge in [-0.15, -0.1) is 11.3 Å². The smallest absolute Gasteiger partial charge is 0.183 e. The number of hydrogen-bond donors (Lipinski definition) is 1. The van der Waals surface area contributed by atoms with Crippen molar-refractivity contribution in [2.45, 2.75) is 19.9 Å². The number of anilines is 1. The molecule has 4 heteroatoms. The van der Waals surface area contributed by atoms with Crippen LogP contribution >= 0.6 is 11.3 Å². The minimum absolute atomic E-state index is 0.692. The molecular formula is C13H13N3S. The molecule has 0 aliphatic carbocycles. The molecule has 1 N–H and O–H groups in total. The van der Waals surface area contributed by atoms with Crippen LogP contribution < -0.4 is 5.32 Å². The molecule has 0 radical (unpaired) electrons. The van der Waals surface area contributed by atoms with Gasteiger partial charge in [-0.2, -0.15) is 5.26 Å². The predicted octanol–water partition coefficient (Wildman–Crippen LogP) is 3.19. The highest BCUT2D eigenvalue weighted by molar-refractivity contribution is 7.13. The molecule has 2 aromatic rings. The topological polar surface area (TPSA) is 48.7 Å². The molecule has 0 aliphatic heterocycles. The van der Waals surface area contributed by atoms with Crippen molar-refractivity contribution in [3.63, 3.8) is 0 Å². The van der Waals surface area contributed by atoms with E-state index in [0.29, 0.717) is 12.1 Å². The van der Waals surface area contributed by atoms with Crippen LogP contribution in [0.2, 0.25) is 0 Å². The van der Waals surface area contributed by atoms with Crippen molar-refractivity contribution < 1.29 is 0 Å². The summed E-state index contributed by atoms with van der Waals surface area (Å²) < 4.78 is 0. The van der Waals surface area contributed by atoms with Crippen LogP contribution in [0, 0.1) is 11.3 Å². The van der Waals surface area contributed by atoms with Gasteiger partial charge in [0.25, 0.3) is 0 Å². The van der Waals surface area contributed by atoms with E-state index in [2.05, 4.69) is 28.7 Å². The van der Waals surface area contributed by atoms with Gasteiger partial charge in [0.1, 0.15) is 0 Å². The largest absolute Gasteiger partial charge is 0.357 e. The van der Waals surface area contributed by atoms with E-state index in [9.17, 15) is 0 Å². The van der Waals surface area contributed by atoms with Crippen molar-refractivity contribution in [3.05, 3.63) is 46.5 Å². The van der Waals surface area contributed by atoms with Gasteiger partial charge in [-0.05, 0) is 24.1 Å². The van der Waals surface area contributed by atoms with E-state index in [-0.39, 0.29) is 0 Å². The van der Waals surface area contributed by atoms with Gasteiger partial charge in [0.2, 0.25) is 0 Å². The van der Waals surface area contributed by atoms with Crippen molar-refractivity contribution in [2.24, 2.45) is 0 Å². The van der Waals surface area contributed by atoms with Crippen LogP contribution in [0.5, 0.6) is 0 Å². The highest BCUT2D eigenvalue weighted by atomic mass is 32.1. The maximum atomic E-state index is 8.80. The third-order valence-electron chi connectivity index (χ3n) is 2.41. The van der Waals surface area contributed by atoms with Gasteiger partial charge in [0.05, 0.1) is 17.3 Å². The molecule has 1 heterocycles. The molecule has 17 heavy (non-hydrogen) atoms. The molecule has 0 aliphatic rings. The normalized spacial score (nSPS) is 9.88. The van der Waals surface area contributed by atoms with E-state index in [1.807, 2.05) is 24.3 Å². The number of rotatable bonds is 4. The van der Waals surface area contributed by atoms with Gasteiger partial charge in [0.15, 0.2) is 5.13 Å². The van der Waals surface area contributed by atoms with Crippen molar-refractivity contribution in [1.29, 1.82) is 5.26 Å². The van der Waals surface area contributed by atoms with Crippen LogP contribution in [0.3, 0.4) is 0 Å². The van der Waals surface area contributed by atoms with Gasteiger partial charge >= 0.3 is 0 Å². The lowest BCUT2D eigenvalue weighted by Gasteiger charge is -2.02. The Labute approximate surface area is 105 Å². The molecule has 0 spiro atoms. The SMILES string of the molecule is CCc1csc(NCc2cccc(C#N)c2)n1. The van der Waals surface area contributed by atoms with E-state index >= 15 is 0 Å². The molecule has 0 saturated heterocycles. The Hall–Kier alpha value is -1.86. The number of aromatic nitrogens is 1. The summed E-state index contributed by atoms with van der Waals surface area (Å²) in [5.74, 6) is 0. The Balaban J connectivity index is 1.99. The molecule has 0 fully saturated rings. The summed E-state index contributed by atoms with van der Waals surface area (Å²) in [5.41, 5.74) is 2.90. The fourth-order valence-electron chi connectivity index (χ4n) is 1.48. The summed E-state index contributed by atoms with van der Waals surface area (Å²) in [4.78, 5) is 4.43. The number of benzene rings is 1. The lowest BCUT2D eigenvalue weighted by Crippen LogP contribution is -1.99. The quantitative estimate of drug-likeness (QED) is 0.897. The first-order valence-electron chi connectivity index (χ1n) is 5.49. The molecule has 1 aromatic carbocycles. The number of nitrogens with one attached hydrogen (secondary N) is 1. The van der Waals surface area contributed by atoms with E-state index in [1.165, 1.54) is 0 Å². The predicted molar refractivity (Wildman–Crippen MR) is 70.0 cm³/mol. The van der Waals surface area contributed by atoms with Crippen LogP contribution in [0.15, 0.2) is 29.6 Å². The van der Waals surface area contributed by atoms with Crippen LogP contribution in [-0.2, 0) is 13.0 Å².